The van der Waals surface area contributed by atoms with E-state index in [0.717, 1.165) is 18.7 Å². The maximum absolute atomic E-state index is 13.5. The minimum absolute atomic E-state index is 0.0818. The largest absolute Gasteiger partial charge is 0.466 e. The van der Waals surface area contributed by atoms with Crippen LogP contribution in [0.2, 0.25) is 0 Å². The zero-order valence-electron chi connectivity index (χ0n) is 23.5. The second-order valence-corrected chi connectivity index (χ2v) is 9.50. The quantitative estimate of drug-likeness (QED) is 0.145. The molecule has 0 aromatic heterocycles. The van der Waals surface area contributed by atoms with E-state index in [9.17, 15) is 28.8 Å². The highest BCUT2D eigenvalue weighted by Gasteiger charge is 2.57. The number of carbonyl (C=O) groups excluding carboxylic acids is 6. The maximum Gasteiger partial charge on any atom is 0.305 e. The average Bonchev–Trinajstić information content (AvgIpc) is 3.15. The van der Waals surface area contributed by atoms with Crippen LogP contribution in [-0.4, -0.2) is 91.1 Å². The van der Waals surface area contributed by atoms with Crippen LogP contribution < -0.4 is 0 Å². The Labute approximate surface area is 237 Å². The van der Waals surface area contributed by atoms with Gasteiger partial charge in [-0.1, -0.05) is 18.6 Å². The molecule has 5 atom stereocenters. The molecule has 1 fully saturated rings. The lowest BCUT2D eigenvalue weighted by Crippen LogP contribution is -2.67. The van der Waals surface area contributed by atoms with Crippen LogP contribution in [0.1, 0.15) is 74.1 Å². The number of imide groups is 1. The van der Waals surface area contributed by atoms with Crippen molar-refractivity contribution in [1.82, 2.24) is 4.90 Å². The number of esters is 4. The van der Waals surface area contributed by atoms with Gasteiger partial charge in [0.1, 0.15) is 18.8 Å². The van der Waals surface area contributed by atoms with Gasteiger partial charge in [0.05, 0.1) is 17.7 Å². The van der Waals surface area contributed by atoms with Crippen molar-refractivity contribution in [2.24, 2.45) is 0 Å². The van der Waals surface area contributed by atoms with E-state index < -0.39 is 60.4 Å². The first-order valence-corrected chi connectivity index (χ1v) is 13.4. The molecule has 1 saturated heterocycles. The van der Waals surface area contributed by atoms with Crippen LogP contribution in [0.15, 0.2) is 24.3 Å². The average molecular weight is 578 g/mol. The summed E-state index contributed by atoms with van der Waals surface area (Å²) in [6.07, 6.45) is -3.40. The molecule has 224 valence electrons. The monoisotopic (exact) mass is 577 g/mol. The van der Waals surface area contributed by atoms with Crippen LogP contribution in [0.5, 0.6) is 0 Å². The van der Waals surface area contributed by atoms with E-state index in [1.165, 1.54) is 19.1 Å². The van der Waals surface area contributed by atoms with Crippen molar-refractivity contribution in [3.63, 3.8) is 0 Å². The van der Waals surface area contributed by atoms with Gasteiger partial charge < -0.3 is 28.4 Å². The van der Waals surface area contributed by atoms with Gasteiger partial charge in [-0.2, -0.15) is 0 Å². The Bertz CT molecular complexity index is 1120. The summed E-state index contributed by atoms with van der Waals surface area (Å²) in [5, 5.41) is 0. The fraction of sp³-hybridized carbons (Fsp3) is 0.571. The molecule has 41 heavy (non-hydrogen) atoms. The molecule has 0 unspecified atom stereocenters. The molecule has 0 N–H and O–H groups in total. The van der Waals surface area contributed by atoms with Crippen molar-refractivity contribution >= 4 is 35.7 Å². The second-order valence-electron chi connectivity index (χ2n) is 9.50. The predicted molar refractivity (Wildman–Crippen MR) is 138 cm³/mol. The van der Waals surface area contributed by atoms with E-state index in [1.54, 1.807) is 19.1 Å². The van der Waals surface area contributed by atoms with Crippen molar-refractivity contribution < 1.29 is 57.2 Å². The fourth-order valence-corrected chi connectivity index (χ4v) is 4.75. The number of amides is 2. The molecule has 0 saturated carbocycles. The molecular formula is C28H35NO12. The van der Waals surface area contributed by atoms with Gasteiger partial charge in [-0.3, -0.25) is 33.7 Å². The van der Waals surface area contributed by atoms with Gasteiger partial charge in [0.25, 0.3) is 11.8 Å². The molecule has 1 aromatic rings. The number of hydrogen-bond donors (Lipinski definition) is 0. The van der Waals surface area contributed by atoms with Gasteiger partial charge in [-0.25, -0.2) is 0 Å². The molecule has 2 aliphatic rings. The lowest BCUT2D eigenvalue weighted by atomic mass is 9.94. The minimum atomic E-state index is -1.42. The molecule has 13 heteroatoms. The van der Waals surface area contributed by atoms with E-state index in [1.807, 2.05) is 0 Å². The van der Waals surface area contributed by atoms with Gasteiger partial charge in [-0.15, -0.1) is 0 Å². The van der Waals surface area contributed by atoms with Gasteiger partial charge in [0.15, 0.2) is 18.5 Å². The number of nitrogens with zero attached hydrogens (tertiary/aromatic N) is 1. The summed E-state index contributed by atoms with van der Waals surface area (Å²) >= 11 is 0. The summed E-state index contributed by atoms with van der Waals surface area (Å²) in [5.41, 5.74) is 0.283. The van der Waals surface area contributed by atoms with E-state index in [2.05, 4.69) is 0 Å². The van der Waals surface area contributed by atoms with Crippen molar-refractivity contribution in [2.45, 2.75) is 84.0 Å². The summed E-state index contributed by atoms with van der Waals surface area (Å²) in [5.74, 6) is -3.81. The molecule has 0 aliphatic carbocycles. The third-order valence-electron chi connectivity index (χ3n) is 6.41. The minimum Gasteiger partial charge on any atom is -0.466 e. The Morgan fingerprint density at radius 2 is 1.44 bits per heavy atom. The number of fused-ring (bicyclic) bond motifs is 1. The number of hydrogen-bond acceptors (Lipinski definition) is 12. The highest BCUT2D eigenvalue weighted by molar-refractivity contribution is 6.21. The van der Waals surface area contributed by atoms with Gasteiger partial charge >= 0.3 is 23.9 Å². The van der Waals surface area contributed by atoms with Gasteiger partial charge in [0, 0.05) is 33.8 Å². The molecule has 3 rings (SSSR count). The Balaban J connectivity index is 1.91. The van der Waals surface area contributed by atoms with Crippen molar-refractivity contribution in [1.29, 1.82) is 0 Å². The SMILES string of the molecule is CCOC(=O)CCCCCO[C@@H]1O[C@H](COC(C)=O)[C@@H](OC(C)=O)[C@H](OC(C)=O)[C@H]1N1C(=O)c2ccccc2C1=O. The molecule has 13 nitrogen and oxygen atoms in total. The molecule has 0 bridgehead atoms. The van der Waals surface area contributed by atoms with Crippen LogP contribution in [0.4, 0.5) is 0 Å². The lowest BCUT2D eigenvalue weighted by Gasteiger charge is -2.47. The number of benzene rings is 1. The van der Waals surface area contributed by atoms with Crippen LogP contribution in [-0.2, 0) is 47.6 Å². The van der Waals surface area contributed by atoms with Crippen LogP contribution in [0, 0.1) is 0 Å². The topological polar surface area (TPSA) is 161 Å². The second kappa shape index (κ2) is 14.7. The Hall–Kier alpha value is -3.84. The Morgan fingerprint density at radius 3 is 2.00 bits per heavy atom. The number of ether oxygens (including phenoxy) is 6. The van der Waals surface area contributed by atoms with E-state index in [4.69, 9.17) is 28.4 Å². The molecule has 2 heterocycles. The third kappa shape index (κ3) is 8.10. The Morgan fingerprint density at radius 1 is 0.829 bits per heavy atom. The van der Waals surface area contributed by atoms with E-state index in [0.29, 0.717) is 25.9 Å². The van der Waals surface area contributed by atoms with E-state index >= 15 is 0 Å². The van der Waals surface area contributed by atoms with Crippen LogP contribution in [0.25, 0.3) is 0 Å². The van der Waals surface area contributed by atoms with Crippen molar-refractivity contribution in [3.05, 3.63) is 35.4 Å². The Kier molecular flexibility index (Phi) is 11.4. The lowest BCUT2D eigenvalue weighted by molar-refractivity contribution is -0.286. The van der Waals surface area contributed by atoms with Crippen LogP contribution >= 0.6 is 0 Å². The first kappa shape index (κ1) is 31.7. The van der Waals surface area contributed by atoms with Crippen LogP contribution in [0.3, 0.4) is 0 Å². The molecular weight excluding hydrogens is 542 g/mol. The smallest absolute Gasteiger partial charge is 0.305 e. The zero-order chi connectivity index (χ0) is 30.1. The van der Waals surface area contributed by atoms with Gasteiger partial charge in [-0.05, 0) is 31.9 Å². The van der Waals surface area contributed by atoms with Crippen molar-refractivity contribution in [3.8, 4) is 0 Å². The highest BCUT2D eigenvalue weighted by Crippen LogP contribution is 2.35. The summed E-state index contributed by atoms with van der Waals surface area (Å²) in [6.45, 7) is 5.15. The molecule has 0 radical (unpaired) electrons. The van der Waals surface area contributed by atoms with Gasteiger partial charge in [0.2, 0.25) is 0 Å². The first-order chi connectivity index (χ1) is 19.5. The molecule has 2 amide bonds. The maximum atomic E-state index is 13.5. The summed E-state index contributed by atoms with van der Waals surface area (Å²) in [7, 11) is 0. The van der Waals surface area contributed by atoms with E-state index in [-0.39, 0.29) is 36.7 Å². The molecule has 2 aliphatic heterocycles. The first-order valence-electron chi connectivity index (χ1n) is 13.4. The standard InChI is InChI=1S/C28H35NO12/c1-5-36-22(33)13-7-6-10-14-37-28-23(29-26(34)19-11-8-9-12-20(19)27(29)35)25(40-18(4)32)24(39-17(3)31)21(41-28)15-38-16(2)30/h8-9,11-12,21,23-25,28H,5-7,10,13-15H2,1-4H3/t21-,23-,24-,25-,28-/m1/s1. The fourth-order valence-electron chi connectivity index (χ4n) is 4.75. The molecule has 1 aromatic carbocycles. The summed E-state index contributed by atoms with van der Waals surface area (Å²) < 4.78 is 33.1. The summed E-state index contributed by atoms with van der Waals surface area (Å²) in [6, 6.07) is 4.84. The molecule has 0 spiro atoms. The third-order valence-corrected chi connectivity index (χ3v) is 6.41. The van der Waals surface area contributed by atoms with Crippen molar-refractivity contribution in [2.75, 3.05) is 19.8 Å². The predicted octanol–water partition coefficient (Wildman–Crippen LogP) is 1.94. The number of rotatable bonds is 13. The number of unbranched alkanes of at least 4 members (excludes halogenated alkanes) is 2. The zero-order valence-corrected chi connectivity index (χ0v) is 23.5. The highest BCUT2D eigenvalue weighted by atomic mass is 16.7. The number of carbonyl (C=O) groups is 6. The normalized spacial score (nSPS) is 23.5. The summed E-state index contributed by atoms with van der Waals surface area (Å²) in [4.78, 5) is 75.3.